The summed E-state index contributed by atoms with van der Waals surface area (Å²) in [6, 6.07) is 4.36. The molecule has 0 fully saturated rings. The molecule has 2 aromatic rings. The van der Waals surface area contributed by atoms with E-state index in [1.54, 1.807) is 11.8 Å². The first kappa shape index (κ1) is 11.7. The minimum Gasteiger partial charge on any atom is -0.341 e. The summed E-state index contributed by atoms with van der Waals surface area (Å²) in [5.41, 5.74) is 5.87. The van der Waals surface area contributed by atoms with Crippen molar-refractivity contribution in [2.75, 3.05) is 5.32 Å². The Bertz CT molecular complexity index is 631. The molecule has 1 aromatic carbocycles. The Kier molecular flexibility index (Phi) is 2.87. The molecule has 5 heteroatoms. The predicted octanol–water partition coefficient (Wildman–Crippen LogP) is 3.43. The first-order chi connectivity index (χ1) is 8.63. The van der Waals surface area contributed by atoms with E-state index in [-0.39, 0.29) is 0 Å². The van der Waals surface area contributed by atoms with E-state index in [2.05, 4.69) is 33.9 Å². The Morgan fingerprint density at radius 2 is 2.22 bits per heavy atom. The van der Waals surface area contributed by atoms with Gasteiger partial charge in [0.2, 0.25) is 0 Å². The maximum Gasteiger partial charge on any atom is 0.138 e. The summed E-state index contributed by atoms with van der Waals surface area (Å²) in [6.45, 7) is 4.11. The highest BCUT2D eigenvalue weighted by molar-refractivity contribution is 8.22. The van der Waals surface area contributed by atoms with E-state index in [1.807, 2.05) is 19.4 Å². The van der Waals surface area contributed by atoms with Crippen molar-refractivity contribution in [1.29, 1.82) is 0 Å². The molecule has 0 atom stereocenters. The van der Waals surface area contributed by atoms with Crippen LogP contribution in [0.25, 0.3) is 5.69 Å². The van der Waals surface area contributed by atoms with Crippen LogP contribution in [0.1, 0.15) is 16.8 Å². The van der Waals surface area contributed by atoms with Gasteiger partial charge in [0.15, 0.2) is 0 Å². The molecule has 0 saturated carbocycles. The van der Waals surface area contributed by atoms with Gasteiger partial charge in [0.1, 0.15) is 4.32 Å². The molecule has 2 heterocycles. The van der Waals surface area contributed by atoms with Crippen molar-refractivity contribution < 1.29 is 0 Å². The summed E-state index contributed by atoms with van der Waals surface area (Å²) >= 11 is 6.88. The number of aryl methyl sites for hydroxylation is 2. The average Bonchev–Trinajstić information content (AvgIpc) is 2.77. The SMILES string of the molecule is Cc1cn(-c2cc(C)c3c(c2)CSC(=S)N3)cn1. The molecule has 3 nitrogen and oxygen atoms in total. The van der Waals surface area contributed by atoms with Crippen molar-refractivity contribution in [3.63, 3.8) is 0 Å². The van der Waals surface area contributed by atoms with Crippen LogP contribution in [0.3, 0.4) is 0 Å². The summed E-state index contributed by atoms with van der Waals surface area (Å²) in [4.78, 5) is 4.27. The number of anilines is 1. The maximum atomic E-state index is 5.21. The summed E-state index contributed by atoms with van der Waals surface area (Å²) in [5.74, 6) is 0.934. The lowest BCUT2D eigenvalue weighted by atomic mass is 10.1. The van der Waals surface area contributed by atoms with Crippen molar-refractivity contribution >= 4 is 34.0 Å². The Morgan fingerprint density at radius 1 is 1.39 bits per heavy atom. The van der Waals surface area contributed by atoms with E-state index in [1.165, 1.54) is 16.8 Å². The van der Waals surface area contributed by atoms with Gasteiger partial charge in [-0.15, -0.1) is 0 Å². The fraction of sp³-hybridized carbons (Fsp3) is 0.231. The van der Waals surface area contributed by atoms with Crippen LogP contribution in [0.4, 0.5) is 5.69 Å². The second kappa shape index (κ2) is 4.40. The second-order valence-electron chi connectivity index (χ2n) is 4.42. The van der Waals surface area contributed by atoms with E-state index in [4.69, 9.17) is 12.2 Å². The monoisotopic (exact) mass is 275 g/mol. The van der Waals surface area contributed by atoms with Gasteiger partial charge in [-0.25, -0.2) is 4.98 Å². The van der Waals surface area contributed by atoms with Crippen LogP contribution < -0.4 is 5.32 Å². The van der Waals surface area contributed by atoms with Crippen LogP contribution in [0, 0.1) is 13.8 Å². The third-order valence-electron chi connectivity index (χ3n) is 3.00. The summed E-state index contributed by atoms with van der Waals surface area (Å²) in [6.07, 6.45) is 3.89. The fourth-order valence-electron chi connectivity index (χ4n) is 2.13. The van der Waals surface area contributed by atoms with Crippen LogP contribution in [0.2, 0.25) is 0 Å². The molecule has 1 aliphatic rings. The van der Waals surface area contributed by atoms with E-state index < -0.39 is 0 Å². The number of hydrogen-bond donors (Lipinski definition) is 1. The number of imidazole rings is 1. The van der Waals surface area contributed by atoms with Crippen LogP contribution in [0.5, 0.6) is 0 Å². The number of thiocarbonyl (C=S) groups is 1. The van der Waals surface area contributed by atoms with Gasteiger partial charge in [0, 0.05) is 23.3 Å². The maximum absolute atomic E-state index is 5.21. The molecule has 0 bridgehead atoms. The van der Waals surface area contributed by atoms with Gasteiger partial charge in [0.25, 0.3) is 0 Å². The molecule has 1 aliphatic heterocycles. The van der Waals surface area contributed by atoms with Crippen molar-refractivity contribution in [3.8, 4) is 5.69 Å². The highest BCUT2D eigenvalue weighted by atomic mass is 32.2. The molecule has 0 amide bonds. The molecule has 0 aliphatic carbocycles. The van der Waals surface area contributed by atoms with E-state index in [0.717, 1.165) is 21.5 Å². The zero-order chi connectivity index (χ0) is 12.7. The van der Waals surface area contributed by atoms with Gasteiger partial charge in [-0.05, 0) is 37.1 Å². The zero-order valence-electron chi connectivity index (χ0n) is 10.2. The van der Waals surface area contributed by atoms with Crippen LogP contribution in [-0.2, 0) is 5.75 Å². The van der Waals surface area contributed by atoms with Crippen molar-refractivity contribution in [2.24, 2.45) is 0 Å². The summed E-state index contributed by atoms with van der Waals surface area (Å²) in [5, 5.41) is 3.28. The van der Waals surface area contributed by atoms with Crippen molar-refractivity contribution in [2.45, 2.75) is 19.6 Å². The molecular weight excluding hydrogens is 262 g/mol. The quantitative estimate of drug-likeness (QED) is 0.808. The van der Waals surface area contributed by atoms with Crippen LogP contribution in [0.15, 0.2) is 24.7 Å². The Hall–Kier alpha value is -1.33. The minimum atomic E-state index is 0.858. The number of hydrogen-bond acceptors (Lipinski definition) is 3. The standard InChI is InChI=1S/C13H13N3S2/c1-8-3-11(16-5-9(2)14-7-16)4-10-6-18-13(17)15-12(8)10/h3-5,7H,6H2,1-2H3,(H,15,17). The van der Waals surface area contributed by atoms with E-state index >= 15 is 0 Å². The van der Waals surface area contributed by atoms with Crippen LogP contribution >= 0.6 is 24.0 Å². The summed E-state index contributed by atoms with van der Waals surface area (Å²) in [7, 11) is 0. The largest absolute Gasteiger partial charge is 0.341 e. The van der Waals surface area contributed by atoms with Gasteiger partial charge < -0.3 is 9.88 Å². The molecule has 3 rings (SSSR count). The summed E-state index contributed by atoms with van der Waals surface area (Å²) < 4.78 is 2.91. The number of fused-ring (bicyclic) bond motifs is 1. The molecular formula is C13H13N3S2. The smallest absolute Gasteiger partial charge is 0.138 e. The lowest BCUT2D eigenvalue weighted by molar-refractivity contribution is 1.05. The van der Waals surface area contributed by atoms with Crippen LogP contribution in [-0.4, -0.2) is 13.9 Å². The molecule has 92 valence electrons. The Morgan fingerprint density at radius 3 is 2.94 bits per heavy atom. The van der Waals surface area contributed by atoms with Gasteiger partial charge in [-0.2, -0.15) is 0 Å². The van der Waals surface area contributed by atoms with Gasteiger partial charge in [-0.1, -0.05) is 24.0 Å². The number of thioether (sulfide) groups is 1. The highest BCUT2D eigenvalue weighted by Crippen LogP contribution is 2.33. The number of nitrogens with zero attached hydrogens (tertiary/aromatic N) is 2. The fourth-order valence-corrected chi connectivity index (χ4v) is 3.09. The molecule has 0 radical (unpaired) electrons. The normalized spacial score (nSPS) is 14.2. The lowest BCUT2D eigenvalue weighted by Gasteiger charge is -2.21. The molecule has 0 unspecified atom stereocenters. The molecule has 1 N–H and O–H groups in total. The van der Waals surface area contributed by atoms with Gasteiger partial charge in [0.05, 0.1) is 12.0 Å². The van der Waals surface area contributed by atoms with Gasteiger partial charge >= 0.3 is 0 Å². The van der Waals surface area contributed by atoms with Crippen molar-refractivity contribution in [1.82, 2.24) is 9.55 Å². The Balaban J connectivity index is 2.09. The topological polar surface area (TPSA) is 29.9 Å². The Labute approximate surface area is 116 Å². The molecule has 18 heavy (non-hydrogen) atoms. The number of benzene rings is 1. The second-order valence-corrected chi connectivity index (χ2v) is 6.07. The predicted molar refractivity (Wildman–Crippen MR) is 80.6 cm³/mol. The van der Waals surface area contributed by atoms with E-state index in [0.29, 0.717) is 0 Å². The van der Waals surface area contributed by atoms with Gasteiger partial charge in [-0.3, -0.25) is 0 Å². The lowest BCUT2D eigenvalue weighted by Crippen LogP contribution is -2.14. The first-order valence-corrected chi connectivity index (χ1v) is 7.11. The average molecular weight is 275 g/mol. The molecule has 1 aromatic heterocycles. The number of aromatic nitrogens is 2. The first-order valence-electron chi connectivity index (χ1n) is 5.72. The van der Waals surface area contributed by atoms with Crippen molar-refractivity contribution in [3.05, 3.63) is 41.5 Å². The third-order valence-corrected chi connectivity index (χ3v) is 4.27. The third kappa shape index (κ3) is 2.04. The zero-order valence-corrected chi connectivity index (χ0v) is 11.9. The number of rotatable bonds is 1. The molecule has 0 saturated heterocycles. The number of nitrogens with one attached hydrogen (secondary N) is 1. The van der Waals surface area contributed by atoms with E-state index in [9.17, 15) is 0 Å². The highest BCUT2D eigenvalue weighted by Gasteiger charge is 2.16. The minimum absolute atomic E-state index is 0.858. The molecule has 0 spiro atoms.